The van der Waals surface area contributed by atoms with Crippen LogP contribution in [0, 0.1) is 27.6 Å². The van der Waals surface area contributed by atoms with Gasteiger partial charge in [0.25, 0.3) is 0 Å². The molecule has 0 aromatic rings. The molecule has 0 aromatic heterocycles. The van der Waals surface area contributed by atoms with Gasteiger partial charge in [0.15, 0.2) is 0 Å². The first-order valence-corrected chi connectivity index (χ1v) is 8.34. The summed E-state index contributed by atoms with van der Waals surface area (Å²) < 4.78 is 0. The summed E-state index contributed by atoms with van der Waals surface area (Å²) in [5.41, 5.74) is 3.48. The van der Waals surface area contributed by atoms with Crippen molar-refractivity contribution in [1.29, 1.82) is 0 Å². The maximum Gasteiger partial charge on any atom is 0.206 e. The molecule has 120 valence electrons. The number of hydrogen-bond donors (Lipinski definition) is 0. The third kappa shape index (κ3) is 1.97. The quantitative estimate of drug-likeness (QED) is 0.538. The Kier molecular flexibility index (Phi) is 3.18. The molecule has 0 atom stereocenters. The van der Waals surface area contributed by atoms with Crippen molar-refractivity contribution in [3.8, 4) is 0 Å². The number of hydrogen-bond acceptors (Lipinski definition) is 2. The molecule has 0 aromatic carbocycles. The smallest absolute Gasteiger partial charge is 0.157 e. The molecule has 1 aliphatic carbocycles. The standard InChI is InChI=1S/C19H34N2/c1-12(2)19(20-21-19)18(17(9,10)11)13(15(3,4)5)14(18)16(6,7)8/h12H,1-11H3. The van der Waals surface area contributed by atoms with E-state index in [0.29, 0.717) is 5.92 Å². The van der Waals surface area contributed by atoms with Gasteiger partial charge in [-0.3, -0.25) is 0 Å². The lowest BCUT2D eigenvalue weighted by Crippen LogP contribution is -2.46. The van der Waals surface area contributed by atoms with Gasteiger partial charge in [-0.25, -0.2) is 0 Å². The van der Waals surface area contributed by atoms with Gasteiger partial charge in [0.1, 0.15) is 0 Å². The van der Waals surface area contributed by atoms with E-state index in [4.69, 9.17) is 0 Å². The first-order valence-electron chi connectivity index (χ1n) is 8.34. The van der Waals surface area contributed by atoms with Crippen LogP contribution in [-0.4, -0.2) is 5.66 Å². The zero-order valence-electron chi connectivity index (χ0n) is 16.0. The zero-order chi connectivity index (χ0) is 16.6. The molecule has 2 rings (SSSR count). The second kappa shape index (κ2) is 4.00. The maximum absolute atomic E-state index is 4.64. The second-order valence-corrected chi connectivity index (χ2v) is 10.3. The van der Waals surface area contributed by atoms with E-state index in [1.54, 1.807) is 11.1 Å². The molecular formula is C19H34N2. The van der Waals surface area contributed by atoms with Gasteiger partial charge in [-0.1, -0.05) is 76.2 Å². The highest BCUT2D eigenvalue weighted by Crippen LogP contribution is 2.80. The van der Waals surface area contributed by atoms with E-state index in [9.17, 15) is 0 Å². The van der Waals surface area contributed by atoms with Crippen LogP contribution in [0.1, 0.15) is 76.2 Å². The molecule has 0 spiro atoms. The molecule has 0 saturated carbocycles. The summed E-state index contributed by atoms with van der Waals surface area (Å²) in [6.07, 6.45) is 0. The normalized spacial score (nSPS) is 23.8. The van der Waals surface area contributed by atoms with Crippen molar-refractivity contribution in [2.45, 2.75) is 81.8 Å². The van der Waals surface area contributed by atoms with Gasteiger partial charge in [-0.2, -0.15) is 10.2 Å². The molecule has 2 aliphatic rings. The average Bonchev–Trinajstić information content (AvgIpc) is 3.06. The molecule has 1 heterocycles. The summed E-state index contributed by atoms with van der Waals surface area (Å²) in [5, 5.41) is 9.29. The molecule has 2 nitrogen and oxygen atoms in total. The van der Waals surface area contributed by atoms with Gasteiger partial charge in [0, 0.05) is 5.92 Å². The van der Waals surface area contributed by atoms with Crippen molar-refractivity contribution in [1.82, 2.24) is 0 Å². The number of rotatable bonds is 2. The third-order valence-corrected chi connectivity index (χ3v) is 5.23. The van der Waals surface area contributed by atoms with Gasteiger partial charge >= 0.3 is 0 Å². The van der Waals surface area contributed by atoms with Crippen LogP contribution in [0.3, 0.4) is 0 Å². The Morgan fingerprint density at radius 1 is 0.714 bits per heavy atom. The highest BCUT2D eigenvalue weighted by atomic mass is 15.5. The molecular weight excluding hydrogens is 256 g/mol. The minimum Gasteiger partial charge on any atom is -0.157 e. The van der Waals surface area contributed by atoms with E-state index in [-0.39, 0.29) is 27.3 Å². The summed E-state index contributed by atoms with van der Waals surface area (Å²) in [4.78, 5) is 0. The van der Waals surface area contributed by atoms with Crippen molar-refractivity contribution in [2.75, 3.05) is 0 Å². The van der Waals surface area contributed by atoms with Gasteiger partial charge in [-0.05, 0) is 27.4 Å². The minimum absolute atomic E-state index is 0.0185. The summed E-state index contributed by atoms with van der Waals surface area (Å²) in [6.45, 7) is 25.7. The van der Waals surface area contributed by atoms with Crippen molar-refractivity contribution in [3.05, 3.63) is 11.1 Å². The highest BCUT2D eigenvalue weighted by Gasteiger charge is 2.79. The molecule has 0 N–H and O–H groups in total. The fourth-order valence-electron chi connectivity index (χ4n) is 4.69. The number of nitrogens with zero attached hydrogens (tertiary/aromatic N) is 2. The summed E-state index contributed by atoms with van der Waals surface area (Å²) in [5.74, 6) is 0.439. The molecule has 0 radical (unpaired) electrons. The molecule has 0 fully saturated rings. The van der Waals surface area contributed by atoms with Crippen LogP contribution in [0.5, 0.6) is 0 Å². The fraction of sp³-hybridized carbons (Fsp3) is 0.895. The van der Waals surface area contributed by atoms with E-state index >= 15 is 0 Å². The Morgan fingerprint density at radius 2 is 1.05 bits per heavy atom. The Morgan fingerprint density at radius 3 is 1.19 bits per heavy atom. The largest absolute Gasteiger partial charge is 0.206 e. The van der Waals surface area contributed by atoms with Gasteiger partial charge in [0.2, 0.25) is 5.66 Å². The van der Waals surface area contributed by atoms with Crippen LogP contribution in [-0.2, 0) is 0 Å². The molecule has 0 unspecified atom stereocenters. The Hall–Kier alpha value is -0.660. The predicted octanol–water partition coefficient (Wildman–Crippen LogP) is 6.24. The van der Waals surface area contributed by atoms with E-state index in [1.165, 1.54) is 0 Å². The van der Waals surface area contributed by atoms with Gasteiger partial charge in [-0.15, -0.1) is 0 Å². The van der Waals surface area contributed by atoms with Crippen molar-refractivity contribution < 1.29 is 0 Å². The maximum atomic E-state index is 4.64. The van der Waals surface area contributed by atoms with E-state index < -0.39 is 0 Å². The molecule has 0 bridgehead atoms. The topological polar surface area (TPSA) is 24.7 Å². The fourth-order valence-corrected chi connectivity index (χ4v) is 4.69. The van der Waals surface area contributed by atoms with Crippen molar-refractivity contribution in [3.63, 3.8) is 0 Å². The van der Waals surface area contributed by atoms with E-state index in [2.05, 4.69) is 86.4 Å². The molecule has 0 saturated heterocycles. The molecule has 21 heavy (non-hydrogen) atoms. The Balaban J connectivity index is 2.67. The van der Waals surface area contributed by atoms with Crippen molar-refractivity contribution in [2.24, 2.45) is 37.8 Å². The van der Waals surface area contributed by atoms with Crippen LogP contribution >= 0.6 is 0 Å². The average molecular weight is 290 g/mol. The SMILES string of the molecule is CC(C)C1(C2(C(C)(C)C)C(C(C)(C)C)=C2C(C)(C)C)N=N1. The third-order valence-electron chi connectivity index (χ3n) is 5.23. The van der Waals surface area contributed by atoms with E-state index in [0.717, 1.165) is 0 Å². The lowest BCUT2D eigenvalue weighted by atomic mass is 9.59. The van der Waals surface area contributed by atoms with Crippen molar-refractivity contribution >= 4 is 0 Å². The first kappa shape index (κ1) is 16.7. The van der Waals surface area contributed by atoms with Gasteiger partial charge < -0.3 is 0 Å². The van der Waals surface area contributed by atoms with Crippen LogP contribution < -0.4 is 0 Å². The molecule has 2 heteroatoms. The predicted molar refractivity (Wildman–Crippen MR) is 90.2 cm³/mol. The molecule has 1 aliphatic heterocycles. The molecule has 0 amide bonds. The lowest BCUT2D eigenvalue weighted by Gasteiger charge is -2.44. The Bertz CT molecular complexity index is 483. The van der Waals surface area contributed by atoms with Crippen LogP contribution in [0.15, 0.2) is 21.4 Å². The van der Waals surface area contributed by atoms with Crippen LogP contribution in [0.25, 0.3) is 0 Å². The zero-order valence-corrected chi connectivity index (χ0v) is 16.0. The Labute approximate surface area is 131 Å². The monoisotopic (exact) mass is 290 g/mol. The second-order valence-electron chi connectivity index (χ2n) is 10.3. The van der Waals surface area contributed by atoms with Crippen LogP contribution in [0.2, 0.25) is 0 Å². The first-order chi connectivity index (χ1) is 9.14. The van der Waals surface area contributed by atoms with Crippen LogP contribution in [0.4, 0.5) is 0 Å². The summed E-state index contributed by atoms with van der Waals surface area (Å²) in [7, 11) is 0. The summed E-state index contributed by atoms with van der Waals surface area (Å²) in [6, 6.07) is 0. The lowest BCUT2D eigenvalue weighted by molar-refractivity contribution is 0.107. The minimum atomic E-state index is -0.226. The van der Waals surface area contributed by atoms with Gasteiger partial charge in [0.05, 0.1) is 5.41 Å². The van der Waals surface area contributed by atoms with E-state index in [1.807, 2.05) is 0 Å². The highest BCUT2D eigenvalue weighted by molar-refractivity contribution is 5.62. The summed E-state index contributed by atoms with van der Waals surface area (Å²) >= 11 is 0.